The molecule has 0 unspecified atom stereocenters. The Morgan fingerprint density at radius 1 is 1.47 bits per heavy atom. The van der Waals surface area contributed by atoms with E-state index < -0.39 is 0 Å². The van der Waals surface area contributed by atoms with Crippen LogP contribution in [-0.2, 0) is 7.05 Å². The molecule has 6 heteroatoms. The molecule has 0 saturated carbocycles. The first kappa shape index (κ1) is 12.8. The molecule has 0 aliphatic rings. The summed E-state index contributed by atoms with van der Waals surface area (Å²) < 4.78 is 1.45. The summed E-state index contributed by atoms with van der Waals surface area (Å²) in [5.41, 5.74) is 4.33. The van der Waals surface area contributed by atoms with Crippen LogP contribution in [0.15, 0.2) is 35.6 Å². The number of rotatable bonds is 3. The Kier molecular flexibility index (Phi) is 3.61. The van der Waals surface area contributed by atoms with Gasteiger partial charge < -0.3 is 5.11 Å². The van der Waals surface area contributed by atoms with Crippen LogP contribution in [0.5, 0.6) is 5.75 Å². The van der Waals surface area contributed by atoms with Gasteiger partial charge in [0, 0.05) is 18.8 Å². The van der Waals surface area contributed by atoms with E-state index in [1.54, 1.807) is 31.3 Å². The van der Waals surface area contributed by atoms with E-state index in [0.717, 1.165) is 5.56 Å². The lowest BCUT2D eigenvalue weighted by molar-refractivity contribution is 0.0945. The maximum Gasteiger partial charge on any atom is 0.289 e. The van der Waals surface area contributed by atoms with E-state index in [9.17, 15) is 9.90 Å². The number of carbonyl (C=O) groups excluding carboxylic acids is 1. The number of phenols is 1. The number of nitrogens with zero attached hydrogens (tertiary/aromatic N) is 3. The number of phenolic OH excluding ortho intramolecular Hbond substituents is 1. The minimum atomic E-state index is -0.358. The minimum Gasteiger partial charge on any atom is -0.507 e. The van der Waals surface area contributed by atoms with E-state index in [1.807, 2.05) is 6.92 Å². The van der Waals surface area contributed by atoms with Crippen LogP contribution in [0.3, 0.4) is 0 Å². The summed E-state index contributed by atoms with van der Waals surface area (Å²) in [5.74, 6) is -0.243. The van der Waals surface area contributed by atoms with Crippen LogP contribution < -0.4 is 5.43 Å². The summed E-state index contributed by atoms with van der Waals surface area (Å²) in [4.78, 5) is 11.7. The number of amides is 1. The molecule has 1 aromatic carbocycles. The number of aromatic nitrogens is 2. The van der Waals surface area contributed by atoms with Crippen LogP contribution in [0.2, 0.25) is 0 Å². The van der Waals surface area contributed by atoms with Crippen molar-refractivity contribution in [1.29, 1.82) is 0 Å². The van der Waals surface area contributed by atoms with Gasteiger partial charge in [-0.15, -0.1) is 0 Å². The van der Waals surface area contributed by atoms with Crippen molar-refractivity contribution in [1.82, 2.24) is 15.2 Å². The van der Waals surface area contributed by atoms with Crippen molar-refractivity contribution in [3.8, 4) is 5.75 Å². The third kappa shape index (κ3) is 2.98. The lowest BCUT2D eigenvalue weighted by Crippen LogP contribution is -2.20. The summed E-state index contributed by atoms with van der Waals surface area (Å²) in [6.45, 7) is 1.91. The lowest BCUT2D eigenvalue weighted by atomic mass is 10.1. The maximum atomic E-state index is 11.7. The molecule has 0 radical (unpaired) electrons. The van der Waals surface area contributed by atoms with Crippen LogP contribution in [-0.4, -0.2) is 27.0 Å². The topological polar surface area (TPSA) is 79.5 Å². The molecule has 1 amide bonds. The van der Waals surface area contributed by atoms with Crippen molar-refractivity contribution in [2.24, 2.45) is 12.1 Å². The van der Waals surface area contributed by atoms with E-state index in [0.29, 0.717) is 11.3 Å². The molecule has 19 heavy (non-hydrogen) atoms. The minimum absolute atomic E-state index is 0.115. The molecule has 1 aromatic heterocycles. The molecule has 0 fully saturated rings. The molecule has 2 rings (SSSR count). The number of benzene rings is 1. The van der Waals surface area contributed by atoms with Gasteiger partial charge in [-0.25, -0.2) is 5.43 Å². The van der Waals surface area contributed by atoms with Crippen molar-refractivity contribution >= 4 is 12.1 Å². The fourth-order valence-electron chi connectivity index (χ4n) is 1.59. The van der Waals surface area contributed by atoms with E-state index in [4.69, 9.17) is 0 Å². The van der Waals surface area contributed by atoms with Gasteiger partial charge in [0.05, 0.1) is 6.21 Å². The highest BCUT2D eigenvalue weighted by Gasteiger charge is 2.08. The first-order valence-corrected chi connectivity index (χ1v) is 5.69. The number of hydrazone groups is 1. The molecule has 2 N–H and O–H groups in total. The zero-order chi connectivity index (χ0) is 13.8. The molecule has 0 saturated heterocycles. The van der Waals surface area contributed by atoms with Gasteiger partial charge >= 0.3 is 0 Å². The highest BCUT2D eigenvalue weighted by atomic mass is 16.3. The molecule has 2 aromatic rings. The van der Waals surface area contributed by atoms with Gasteiger partial charge in [0.25, 0.3) is 5.91 Å². The normalized spacial score (nSPS) is 10.8. The second-order valence-corrected chi connectivity index (χ2v) is 4.10. The summed E-state index contributed by atoms with van der Waals surface area (Å²) in [7, 11) is 1.67. The highest BCUT2D eigenvalue weighted by Crippen LogP contribution is 2.15. The maximum absolute atomic E-state index is 11.7. The van der Waals surface area contributed by atoms with E-state index in [2.05, 4.69) is 15.6 Å². The average Bonchev–Trinajstić information content (AvgIpc) is 2.80. The Hall–Kier alpha value is -2.63. The molecule has 0 atom stereocenters. The summed E-state index contributed by atoms with van der Waals surface area (Å²) >= 11 is 0. The van der Waals surface area contributed by atoms with E-state index >= 15 is 0 Å². The van der Waals surface area contributed by atoms with Gasteiger partial charge in [-0.1, -0.05) is 11.6 Å². The standard InChI is InChI=1S/C13H14N4O2/c1-9-3-4-12(18)10(7-9)8-14-16-13(19)11-5-6-15-17(11)2/h3-8,18H,1-2H3,(H,16,19)/b14-8+. The van der Waals surface area contributed by atoms with Crippen LogP contribution in [0.25, 0.3) is 0 Å². The van der Waals surface area contributed by atoms with Crippen molar-refractivity contribution in [2.75, 3.05) is 0 Å². The van der Waals surface area contributed by atoms with Gasteiger partial charge in [-0.05, 0) is 25.1 Å². The smallest absolute Gasteiger partial charge is 0.289 e. The van der Waals surface area contributed by atoms with Gasteiger partial charge in [0.15, 0.2) is 0 Å². The molecular formula is C13H14N4O2. The van der Waals surface area contributed by atoms with Gasteiger partial charge in [-0.2, -0.15) is 10.2 Å². The first-order valence-electron chi connectivity index (χ1n) is 5.69. The summed E-state index contributed by atoms with van der Waals surface area (Å²) in [6.07, 6.45) is 2.93. The Morgan fingerprint density at radius 3 is 2.95 bits per heavy atom. The second kappa shape index (κ2) is 5.34. The van der Waals surface area contributed by atoms with Crippen molar-refractivity contribution < 1.29 is 9.90 Å². The highest BCUT2D eigenvalue weighted by molar-refractivity contribution is 5.93. The Balaban J connectivity index is 2.06. The number of hydrogen-bond donors (Lipinski definition) is 2. The SMILES string of the molecule is Cc1ccc(O)c(/C=N/NC(=O)c2ccnn2C)c1. The van der Waals surface area contributed by atoms with E-state index in [1.165, 1.54) is 17.1 Å². The molecule has 1 heterocycles. The first-order chi connectivity index (χ1) is 9.08. The van der Waals surface area contributed by atoms with Crippen molar-refractivity contribution in [3.63, 3.8) is 0 Å². The summed E-state index contributed by atoms with van der Waals surface area (Å²) in [5, 5.41) is 17.3. The van der Waals surface area contributed by atoms with Crippen molar-refractivity contribution in [3.05, 3.63) is 47.3 Å². The van der Waals surface area contributed by atoms with Crippen LogP contribution >= 0.6 is 0 Å². The lowest BCUT2D eigenvalue weighted by Gasteiger charge is -2.01. The molecule has 98 valence electrons. The number of carbonyl (C=O) groups is 1. The monoisotopic (exact) mass is 258 g/mol. The van der Waals surface area contributed by atoms with E-state index in [-0.39, 0.29) is 11.7 Å². The third-order valence-electron chi connectivity index (χ3n) is 2.61. The number of aryl methyl sites for hydroxylation is 2. The van der Waals surface area contributed by atoms with Crippen LogP contribution in [0, 0.1) is 6.92 Å². The molecule has 0 spiro atoms. The van der Waals surface area contributed by atoms with Gasteiger partial charge in [-0.3, -0.25) is 9.48 Å². The number of aromatic hydroxyl groups is 1. The Labute approximate surface area is 110 Å². The zero-order valence-corrected chi connectivity index (χ0v) is 10.7. The fraction of sp³-hybridized carbons (Fsp3) is 0.154. The predicted octanol–water partition coefficient (Wildman–Crippen LogP) is 1.20. The Morgan fingerprint density at radius 2 is 2.26 bits per heavy atom. The zero-order valence-electron chi connectivity index (χ0n) is 10.7. The molecule has 0 bridgehead atoms. The molecule has 0 aliphatic carbocycles. The molecular weight excluding hydrogens is 244 g/mol. The third-order valence-corrected chi connectivity index (χ3v) is 2.61. The van der Waals surface area contributed by atoms with Crippen LogP contribution in [0.4, 0.5) is 0 Å². The number of hydrogen-bond acceptors (Lipinski definition) is 4. The summed E-state index contributed by atoms with van der Waals surface area (Å²) in [6, 6.07) is 6.74. The number of nitrogens with one attached hydrogen (secondary N) is 1. The molecule has 6 nitrogen and oxygen atoms in total. The van der Waals surface area contributed by atoms with Gasteiger partial charge in [0.1, 0.15) is 11.4 Å². The largest absolute Gasteiger partial charge is 0.507 e. The quantitative estimate of drug-likeness (QED) is 0.641. The molecule has 0 aliphatic heterocycles. The van der Waals surface area contributed by atoms with Crippen LogP contribution in [0.1, 0.15) is 21.6 Å². The second-order valence-electron chi connectivity index (χ2n) is 4.10. The van der Waals surface area contributed by atoms with Gasteiger partial charge in [0.2, 0.25) is 0 Å². The van der Waals surface area contributed by atoms with Crippen molar-refractivity contribution in [2.45, 2.75) is 6.92 Å². The fourth-order valence-corrected chi connectivity index (χ4v) is 1.59. The average molecular weight is 258 g/mol. The predicted molar refractivity (Wildman–Crippen MR) is 71.1 cm³/mol. The Bertz CT molecular complexity index is 631.